The van der Waals surface area contributed by atoms with Gasteiger partial charge in [-0.15, -0.1) is 0 Å². The molecule has 3 bridgehead atoms. The molecule has 0 amide bonds. The number of fused-ring (bicyclic) bond motifs is 17. The first-order valence-corrected chi connectivity index (χ1v) is 28.2. The van der Waals surface area contributed by atoms with Crippen LogP contribution in [0.5, 0.6) is 0 Å². The topological polar surface area (TPSA) is 3.24 Å². The van der Waals surface area contributed by atoms with Crippen molar-refractivity contribution < 1.29 is 0 Å². The summed E-state index contributed by atoms with van der Waals surface area (Å²) in [6.07, 6.45) is 5.24. The minimum absolute atomic E-state index is 0.251. The molecule has 0 N–H and O–H groups in total. The maximum atomic E-state index is 2.66. The molecule has 1 heteroatoms. The molecule has 0 radical (unpaired) electrons. The standard InChI is InChI=1S/C76H59N/c1-75(2)68-34-14-15-35-70(68)76(72-46-52(37-40-69(72)75)60-31-17-22-50-21-6-7-25-58(50)60)67-33-13-12-29-62(67)63-39-38-56(47-71(63)76)77(55-24-16-23-51(45-55)59-27-9-8-26-57(59)49-19-4-3-5-20-49)73-36-18-32-65-66-43-48-41-53(44-54(66)42-48)61-28-10-11-30-64(61)74(65)73/h3-40,45-48,53-54,66H,41-44H2,1-2H3. The molecule has 0 aromatic heterocycles. The van der Waals surface area contributed by atoms with Crippen LogP contribution in [0.25, 0.3) is 66.4 Å². The minimum atomic E-state index is -0.609. The lowest BCUT2D eigenvalue weighted by molar-refractivity contribution is 0.311. The van der Waals surface area contributed by atoms with Crippen LogP contribution in [0.3, 0.4) is 0 Å². The van der Waals surface area contributed by atoms with Crippen molar-refractivity contribution in [3.63, 3.8) is 0 Å². The lowest BCUT2D eigenvalue weighted by Crippen LogP contribution is -2.40. The normalized spacial score (nSPS) is 20.5. The van der Waals surface area contributed by atoms with E-state index in [1.165, 1.54) is 148 Å². The van der Waals surface area contributed by atoms with E-state index in [2.05, 4.69) is 267 Å². The monoisotopic (exact) mass is 985 g/mol. The van der Waals surface area contributed by atoms with Crippen molar-refractivity contribution in [3.8, 4) is 55.6 Å². The zero-order chi connectivity index (χ0) is 51.0. The van der Waals surface area contributed by atoms with Crippen molar-refractivity contribution in [1.29, 1.82) is 0 Å². The van der Waals surface area contributed by atoms with Gasteiger partial charge >= 0.3 is 0 Å². The van der Waals surface area contributed by atoms with E-state index in [1.807, 2.05) is 0 Å². The van der Waals surface area contributed by atoms with E-state index >= 15 is 0 Å². The molecule has 5 atom stereocenters. The summed E-state index contributed by atoms with van der Waals surface area (Å²) in [7, 11) is 0. The lowest BCUT2D eigenvalue weighted by Gasteiger charge is -2.47. The molecule has 1 spiro atoms. The van der Waals surface area contributed by atoms with E-state index in [1.54, 1.807) is 0 Å². The molecule has 368 valence electrons. The maximum Gasteiger partial charge on any atom is 0.0720 e. The number of hydrogen-bond acceptors (Lipinski definition) is 1. The van der Waals surface area contributed by atoms with E-state index in [0.717, 1.165) is 11.6 Å². The van der Waals surface area contributed by atoms with Gasteiger partial charge in [-0.1, -0.05) is 226 Å². The number of benzene rings is 11. The Morgan fingerprint density at radius 1 is 0.364 bits per heavy atom. The van der Waals surface area contributed by atoms with Crippen molar-refractivity contribution in [1.82, 2.24) is 0 Å². The fraction of sp³-hybridized carbons (Fsp3) is 0.158. The first-order valence-electron chi connectivity index (χ1n) is 28.2. The van der Waals surface area contributed by atoms with Gasteiger partial charge < -0.3 is 4.90 Å². The summed E-state index contributed by atoms with van der Waals surface area (Å²) in [6.45, 7) is 4.88. The second-order valence-electron chi connectivity index (χ2n) is 23.5. The van der Waals surface area contributed by atoms with Crippen LogP contribution in [0.15, 0.2) is 249 Å². The van der Waals surface area contributed by atoms with Gasteiger partial charge in [0.05, 0.1) is 11.1 Å². The molecule has 5 aliphatic carbocycles. The zero-order valence-corrected chi connectivity index (χ0v) is 43.8. The summed E-state index contributed by atoms with van der Waals surface area (Å²) in [5, 5.41) is 2.54. The summed E-state index contributed by atoms with van der Waals surface area (Å²) in [5.74, 6) is 2.62. The highest BCUT2D eigenvalue weighted by molar-refractivity contribution is 5.99. The molecule has 1 nitrogen and oxygen atoms in total. The van der Waals surface area contributed by atoms with Crippen molar-refractivity contribution >= 4 is 27.8 Å². The van der Waals surface area contributed by atoms with Crippen molar-refractivity contribution in [2.45, 2.75) is 62.2 Å². The summed E-state index contributed by atoms with van der Waals surface area (Å²) in [5.41, 5.74) is 26.8. The molecule has 11 aromatic carbocycles. The van der Waals surface area contributed by atoms with E-state index < -0.39 is 5.41 Å². The predicted molar refractivity (Wildman–Crippen MR) is 321 cm³/mol. The quantitative estimate of drug-likeness (QED) is 0.160. The third-order valence-electron chi connectivity index (χ3n) is 19.3. The van der Waals surface area contributed by atoms with E-state index in [-0.39, 0.29) is 5.41 Å². The molecule has 5 aliphatic rings. The Morgan fingerprint density at radius 2 is 0.974 bits per heavy atom. The van der Waals surface area contributed by atoms with Gasteiger partial charge in [0.15, 0.2) is 0 Å². The zero-order valence-electron chi connectivity index (χ0n) is 43.8. The van der Waals surface area contributed by atoms with Gasteiger partial charge in [0.1, 0.15) is 0 Å². The third-order valence-corrected chi connectivity index (χ3v) is 19.3. The van der Waals surface area contributed by atoms with Gasteiger partial charge in [-0.05, 0) is 191 Å². The summed E-state index contributed by atoms with van der Waals surface area (Å²) >= 11 is 0. The Labute approximate surface area is 453 Å². The number of rotatable bonds is 6. The highest BCUT2D eigenvalue weighted by Gasteiger charge is 2.54. The molecule has 2 saturated carbocycles. The van der Waals surface area contributed by atoms with Crippen LogP contribution < -0.4 is 4.90 Å². The molecule has 11 aromatic rings. The molecule has 5 unspecified atom stereocenters. The molecule has 0 saturated heterocycles. The van der Waals surface area contributed by atoms with Crippen molar-refractivity contribution in [2.75, 3.05) is 4.90 Å². The fourth-order valence-corrected chi connectivity index (χ4v) is 16.1. The number of anilines is 3. The second kappa shape index (κ2) is 17.0. The van der Waals surface area contributed by atoms with E-state index in [0.29, 0.717) is 17.8 Å². The Morgan fingerprint density at radius 3 is 1.84 bits per heavy atom. The fourth-order valence-electron chi connectivity index (χ4n) is 16.1. The smallest absolute Gasteiger partial charge is 0.0720 e. The van der Waals surface area contributed by atoms with Crippen LogP contribution in [0.1, 0.15) is 95.9 Å². The van der Waals surface area contributed by atoms with Crippen LogP contribution in [-0.2, 0) is 10.8 Å². The van der Waals surface area contributed by atoms with Gasteiger partial charge in [0, 0.05) is 22.4 Å². The minimum Gasteiger partial charge on any atom is -0.310 e. The molecular weight excluding hydrogens is 927 g/mol. The van der Waals surface area contributed by atoms with Crippen LogP contribution in [0.2, 0.25) is 0 Å². The third kappa shape index (κ3) is 6.53. The van der Waals surface area contributed by atoms with Gasteiger partial charge in [-0.3, -0.25) is 0 Å². The van der Waals surface area contributed by atoms with Crippen molar-refractivity contribution in [2.24, 2.45) is 11.8 Å². The second-order valence-corrected chi connectivity index (χ2v) is 23.5. The SMILES string of the molecule is CC1(C)c2ccccc2C2(c3ccccc3-c3ccc(N(c4cccc(-c5ccccc5-c5ccccc5)c4)c4cccc5c4-c4ccccc4C4CC6CC(C4)C5C6)cc32)c2cc(-c3cccc4ccccc34)ccc21. The predicted octanol–water partition coefficient (Wildman–Crippen LogP) is 20.0. The van der Waals surface area contributed by atoms with Gasteiger partial charge in [-0.25, -0.2) is 0 Å². The van der Waals surface area contributed by atoms with Crippen LogP contribution in [-0.4, -0.2) is 0 Å². The summed E-state index contributed by atoms with van der Waals surface area (Å²) in [6, 6.07) is 95.5. The average Bonchev–Trinajstić information content (AvgIpc) is 3.99. The Balaban J connectivity index is 0.986. The Hall–Kier alpha value is -8.52. The maximum absolute atomic E-state index is 2.66. The van der Waals surface area contributed by atoms with Crippen molar-refractivity contribution in [3.05, 3.63) is 293 Å². The first kappa shape index (κ1) is 44.7. The molecule has 16 rings (SSSR count). The number of hydrogen-bond donors (Lipinski definition) is 0. The van der Waals surface area contributed by atoms with Gasteiger partial charge in [0.25, 0.3) is 0 Å². The molecule has 0 aliphatic heterocycles. The van der Waals surface area contributed by atoms with Crippen LogP contribution in [0.4, 0.5) is 17.1 Å². The molecular formula is C76H59N. The first-order chi connectivity index (χ1) is 37.9. The Bertz CT molecular complexity index is 4190. The lowest BCUT2D eigenvalue weighted by atomic mass is 9.55. The van der Waals surface area contributed by atoms with Gasteiger partial charge in [-0.2, -0.15) is 0 Å². The average molecular weight is 986 g/mol. The van der Waals surface area contributed by atoms with E-state index in [9.17, 15) is 0 Å². The number of nitrogens with zero attached hydrogens (tertiary/aromatic N) is 1. The Kier molecular flexibility index (Phi) is 9.87. The van der Waals surface area contributed by atoms with Gasteiger partial charge in [0.2, 0.25) is 0 Å². The molecule has 77 heavy (non-hydrogen) atoms. The summed E-state index contributed by atoms with van der Waals surface area (Å²) < 4.78 is 0. The highest BCUT2D eigenvalue weighted by atomic mass is 15.1. The van der Waals surface area contributed by atoms with E-state index in [4.69, 9.17) is 0 Å². The molecule has 0 heterocycles. The molecule has 2 fully saturated rings. The van der Waals surface area contributed by atoms with Crippen LogP contribution >= 0.6 is 0 Å². The van der Waals surface area contributed by atoms with Crippen LogP contribution in [0, 0.1) is 11.8 Å². The highest BCUT2D eigenvalue weighted by Crippen LogP contribution is 2.65. The largest absolute Gasteiger partial charge is 0.310 e. The summed E-state index contributed by atoms with van der Waals surface area (Å²) in [4.78, 5) is 2.66.